The van der Waals surface area contributed by atoms with Gasteiger partial charge < -0.3 is 10.4 Å². The van der Waals surface area contributed by atoms with Crippen LogP contribution in [-0.2, 0) is 0 Å². The summed E-state index contributed by atoms with van der Waals surface area (Å²) in [5.74, 6) is -0.352. The molecule has 2 aromatic heterocycles. The van der Waals surface area contributed by atoms with Crippen molar-refractivity contribution in [2.24, 2.45) is 5.92 Å². The number of amides is 1. The third kappa shape index (κ3) is 2.99. The van der Waals surface area contributed by atoms with Crippen LogP contribution in [0.4, 0.5) is 0 Å². The Morgan fingerprint density at radius 1 is 1.43 bits per heavy atom. The summed E-state index contributed by atoms with van der Waals surface area (Å²) in [5, 5.41) is 12.3. The molecule has 3 rings (SSSR count). The maximum absolute atomic E-state index is 12.5. The van der Waals surface area contributed by atoms with Crippen molar-refractivity contribution in [2.75, 3.05) is 6.61 Å². The fourth-order valence-corrected chi connectivity index (χ4v) is 3.27. The Morgan fingerprint density at radius 3 is 3.00 bits per heavy atom. The van der Waals surface area contributed by atoms with Crippen LogP contribution in [0.25, 0.3) is 5.65 Å². The molecule has 2 atom stereocenters. The molecule has 0 radical (unpaired) electrons. The minimum Gasteiger partial charge on any atom is -0.396 e. The smallest absolute Gasteiger partial charge is 0.270 e. The van der Waals surface area contributed by atoms with Gasteiger partial charge >= 0.3 is 0 Å². The van der Waals surface area contributed by atoms with Crippen LogP contribution in [-0.4, -0.2) is 33.0 Å². The van der Waals surface area contributed by atoms with E-state index in [4.69, 9.17) is 0 Å². The molecule has 0 aliphatic heterocycles. The summed E-state index contributed by atoms with van der Waals surface area (Å²) in [6, 6.07) is 3.55. The average Bonchev–Trinajstić information content (AvgIpc) is 2.56. The highest BCUT2D eigenvalue weighted by Gasteiger charge is 2.27. The molecular weight excluding hydrogens is 294 g/mol. The van der Waals surface area contributed by atoms with Crippen molar-refractivity contribution in [1.29, 1.82) is 0 Å². The normalized spacial score (nSPS) is 21.3. The maximum Gasteiger partial charge on any atom is 0.270 e. The first-order valence-electron chi connectivity index (χ1n) is 8.00. The lowest BCUT2D eigenvalue weighted by molar-refractivity contribution is 0.0870. The van der Waals surface area contributed by atoms with E-state index in [1.54, 1.807) is 12.3 Å². The molecule has 6 nitrogen and oxygen atoms in total. The molecule has 1 amide bonds. The quantitative estimate of drug-likeness (QED) is 0.894. The summed E-state index contributed by atoms with van der Waals surface area (Å²) in [6.45, 7) is 1.93. The van der Waals surface area contributed by atoms with E-state index in [0.717, 1.165) is 31.2 Å². The second-order valence-corrected chi connectivity index (χ2v) is 6.17. The van der Waals surface area contributed by atoms with Gasteiger partial charge in [0.1, 0.15) is 11.2 Å². The number of hydrogen-bond donors (Lipinski definition) is 2. The van der Waals surface area contributed by atoms with E-state index in [0.29, 0.717) is 5.65 Å². The van der Waals surface area contributed by atoms with Crippen LogP contribution >= 0.6 is 0 Å². The van der Waals surface area contributed by atoms with Gasteiger partial charge in [-0.1, -0.05) is 18.9 Å². The van der Waals surface area contributed by atoms with Gasteiger partial charge in [0.15, 0.2) is 0 Å². The minimum absolute atomic E-state index is 0.0374. The van der Waals surface area contributed by atoms with Gasteiger partial charge in [-0.25, -0.2) is 4.98 Å². The third-order valence-electron chi connectivity index (χ3n) is 4.63. The van der Waals surface area contributed by atoms with Crippen molar-refractivity contribution >= 4 is 11.6 Å². The Hall–Kier alpha value is -2.21. The Kier molecular flexibility index (Phi) is 4.43. The van der Waals surface area contributed by atoms with Gasteiger partial charge in [0, 0.05) is 31.0 Å². The number of hydrogen-bond acceptors (Lipinski definition) is 4. The summed E-state index contributed by atoms with van der Waals surface area (Å²) in [7, 11) is 0. The van der Waals surface area contributed by atoms with Crippen LogP contribution in [0, 0.1) is 12.8 Å². The number of aryl methyl sites for hydroxylation is 1. The third-order valence-corrected chi connectivity index (χ3v) is 4.63. The predicted octanol–water partition coefficient (Wildman–Crippen LogP) is 1.28. The first kappa shape index (κ1) is 15.7. The molecule has 1 fully saturated rings. The van der Waals surface area contributed by atoms with Gasteiger partial charge in [-0.15, -0.1) is 0 Å². The number of fused-ring (bicyclic) bond motifs is 1. The SMILES string of the molecule is Cc1cccn2c(=O)c(C(=O)NC3CCCCC3CO)cnc12. The maximum atomic E-state index is 12.5. The molecule has 1 aliphatic rings. The number of carbonyl (C=O) groups is 1. The van der Waals surface area contributed by atoms with Crippen LogP contribution in [0.2, 0.25) is 0 Å². The largest absolute Gasteiger partial charge is 0.396 e. The van der Waals surface area contributed by atoms with E-state index in [9.17, 15) is 14.7 Å². The van der Waals surface area contributed by atoms with Gasteiger partial charge in [0.25, 0.3) is 11.5 Å². The van der Waals surface area contributed by atoms with E-state index in [-0.39, 0.29) is 29.7 Å². The number of rotatable bonds is 3. The number of carbonyl (C=O) groups excluding carboxylic acids is 1. The lowest BCUT2D eigenvalue weighted by Gasteiger charge is -2.30. The zero-order valence-electron chi connectivity index (χ0n) is 13.2. The monoisotopic (exact) mass is 315 g/mol. The van der Waals surface area contributed by atoms with Gasteiger partial charge in [-0.05, 0) is 31.4 Å². The van der Waals surface area contributed by atoms with E-state index in [1.165, 1.54) is 10.6 Å². The highest BCUT2D eigenvalue weighted by molar-refractivity contribution is 5.94. The molecule has 1 aliphatic carbocycles. The van der Waals surface area contributed by atoms with Crippen molar-refractivity contribution in [3.05, 3.63) is 46.0 Å². The van der Waals surface area contributed by atoms with Gasteiger partial charge in [0.05, 0.1) is 0 Å². The number of aliphatic hydroxyl groups excluding tert-OH is 1. The molecular formula is C17H21N3O3. The molecule has 0 saturated heterocycles. The summed E-state index contributed by atoms with van der Waals surface area (Å²) in [6.07, 6.45) is 6.78. The Bertz CT molecular complexity index is 784. The van der Waals surface area contributed by atoms with Crippen LogP contribution in [0.3, 0.4) is 0 Å². The highest BCUT2D eigenvalue weighted by atomic mass is 16.3. The second-order valence-electron chi connectivity index (χ2n) is 6.17. The fraction of sp³-hybridized carbons (Fsp3) is 0.471. The first-order chi connectivity index (χ1) is 11.1. The molecule has 0 spiro atoms. The van der Waals surface area contributed by atoms with E-state index >= 15 is 0 Å². The number of aromatic nitrogens is 2. The summed E-state index contributed by atoms with van der Waals surface area (Å²) < 4.78 is 1.40. The Balaban J connectivity index is 1.89. The lowest BCUT2D eigenvalue weighted by atomic mass is 9.85. The van der Waals surface area contributed by atoms with Crippen molar-refractivity contribution < 1.29 is 9.90 Å². The van der Waals surface area contributed by atoms with Crippen LogP contribution < -0.4 is 10.9 Å². The van der Waals surface area contributed by atoms with E-state index in [2.05, 4.69) is 10.3 Å². The summed E-state index contributed by atoms with van der Waals surface area (Å²) >= 11 is 0. The van der Waals surface area contributed by atoms with E-state index in [1.807, 2.05) is 13.0 Å². The molecule has 6 heteroatoms. The fourth-order valence-electron chi connectivity index (χ4n) is 3.27. The van der Waals surface area contributed by atoms with Crippen LogP contribution in [0.5, 0.6) is 0 Å². The summed E-state index contributed by atoms with van der Waals surface area (Å²) in [4.78, 5) is 29.3. The molecule has 2 aromatic rings. The molecule has 2 N–H and O–H groups in total. The van der Waals surface area contributed by atoms with E-state index < -0.39 is 5.91 Å². The molecule has 2 heterocycles. The topological polar surface area (TPSA) is 83.7 Å². The molecule has 23 heavy (non-hydrogen) atoms. The van der Waals surface area contributed by atoms with Crippen LogP contribution in [0.1, 0.15) is 41.6 Å². The zero-order chi connectivity index (χ0) is 16.4. The Morgan fingerprint density at radius 2 is 2.22 bits per heavy atom. The summed E-state index contributed by atoms with van der Waals surface area (Å²) in [5.41, 5.74) is 1.10. The number of nitrogens with one attached hydrogen (secondary N) is 1. The predicted molar refractivity (Wildman–Crippen MR) is 86.5 cm³/mol. The van der Waals surface area contributed by atoms with Crippen LogP contribution in [0.15, 0.2) is 29.3 Å². The minimum atomic E-state index is -0.413. The van der Waals surface area contributed by atoms with Crippen molar-refractivity contribution in [3.63, 3.8) is 0 Å². The van der Waals surface area contributed by atoms with Crippen molar-refractivity contribution in [1.82, 2.24) is 14.7 Å². The van der Waals surface area contributed by atoms with Crippen molar-refractivity contribution in [2.45, 2.75) is 38.6 Å². The first-order valence-corrected chi connectivity index (χ1v) is 8.00. The Labute approximate surface area is 134 Å². The average molecular weight is 315 g/mol. The standard InChI is InChI=1S/C17H21N3O3/c1-11-5-4-8-20-15(11)18-9-13(17(20)23)16(22)19-14-7-3-2-6-12(14)10-21/h4-5,8-9,12,14,21H,2-3,6-7,10H2,1H3,(H,19,22). The number of nitrogens with zero attached hydrogens (tertiary/aromatic N) is 2. The van der Waals surface area contributed by atoms with Gasteiger partial charge in [-0.2, -0.15) is 0 Å². The van der Waals surface area contributed by atoms with Gasteiger partial charge in [-0.3, -0.25) is 14.0 Å². The number of pyridine rings is 1. The van der Waals surface area contributed by atoms with Crippen molar-refractivity contribution in [3.8, 4) is 0 Å². The zero-order valence-corrected chi connectivity index (χ0v) is 13.2. The highest BCUT2D eigenvalue weighted by Crippen LogP contribution is 2.24. The molecule has 122 valence electrons. The number of aliphatic hydroxyl groups is 1. The molecule has 1 saturated carbocycles. The van der Waals surface area contributed by atoms with Gasteiger partial charge in [0.2, 0.25) is 0 Å². The lowest BCUT2D eigenvalue weighted by Crippen LogP contribution is -2.45. The molecule has 2 unspecified atom stereocenters. The molecule has 0 aromatic carbocycles. The molecule has 0 bridgehead atoms. The second kappa shape index (κ2) is 6.50.